The largest absolute Gasteiger partial charge is 0.478 e. The fourth-order valence-corrected chi connectivity index (χ4v) is 3.79. The first kappa shape index (κ1) is 20.8. The Morgan fingerprint density at radius 3 is 2.81 bits per heavy atom. The minimum absolute atomic E-state index is 0.0433. The molecule has 0 radical (unpaired) electrons. The van der Waals surface area contributed by atoms with Gasteiger partial charge in [0, 0.05) is 31.5 Å². The van der Waals surface area contributed by atoms with E-state index in [0.717, 1.165) is 10.6 Å². The monoisotopic (exact) mass is 432 g/mol. The topological polar surface area (TPSA) is 126 Å². The van der Waals surface area contributed by atoms with Crippen molar-refractivity contribution in [3.8, 4) is 0 Å². The zero-order valence-corrected chi connectivity index (χ0v) is 16.6. The van der Waals surface area contributed by atoms with Crippen LogP contribution in [-0.2, 0) is 14.3 Å². The number of fused-ring (bicyclic) bond motifs is 1. The van der Waals surface area contributed by atoms with Crippen molar-refractivity contribution in [2.24, 2.45) is 11.7 Å². The Labute approximate surface area is 176 Å². The van der Waals surface area contributed by atoms with E-state index in [0.29, 0.717) is 37.0 Å². The van der Waals surface area contributed by atoms with E-state index in [1.165, 1.54) is 0 Å². The van der Waals surface area contributed by atoms with Crippen LogP contribution < -0.4 is 11.1 Å². The molecule has 31 heavy (non-hydrogen) atoms. The molecule has 0 saturated carbocycles. The normalized spacial score (nSPS) is 19.6. The van der Waals surface area contributed by atoms with Gasteiger partial charge in [0.2, 0.25) is 17.7 Å². The number of nitrogens with zero attached hydrogens (tertiary/aromatic N) is 3. The number of hydrogen-bond donors (Lipinski definition) is 3. The highest BCUT2D eigenvalue weighted by atomic mass is 19.3. The van der Waals surface area contributed by atoms with Gasteiger partial charge in [0.15, 0.2) is 5.82 Å². The molecule has 1 aromatic carbocycles. The third-order valence-electron chi connectivity index (χ3n) is 5.36. The summed E-state index contributed by atoms with van der Waals surface area (Å²) in [5, 5.41) is 10.6. The number of nitrogens with one attached hydrogen (secondary N) is 2. The zero-order valence-electron chi connectivity index (χ0n) is 16.6. The molecule has 1 aromatic heterocycles. The van der Waals surface area contributed by atoms with Crippen LogP contribution in [0, 0.1) is 11.3 Å². The van der Waals surface area contributed by atoms with Crippen molar-refractivity contribution in [3.05, 3.63) is 36.2 Å². The number of imidazole rings is 1. The van der Waals surface area contributed by atoms with Gasteiger partial charge in [-0.2, -0.15) is 0 Å². The first-order valence-corrected chi connectivity index (χ1v) is 9.86. The minimum Gasteiger partial charge on any atom is -0.478 e. The summed E-state index contributed by atoms with van der Waals surface area (Å²) in [4.78, 5) is 29.1. The third kappa shape index (κ3) is 4.21. The minimum atomic E-state index is -2.84. The molecular formula is C20H22F2N6O3. The Hall–Kier alpha value is -3.50. The van der Waals surface area contributed by atoms with Crippen LogP contribution in [0.2, 0.25) is 0 Å². The lowest BCUT2D eigenvalue weighted by molar-refractivity contribution is -0.141. The molecule has 0 aliphatic carbocycles. The Balaban J connectivity index is 1.33. The van der Waals surface area contributed by atoms with Crippen LogP contribution in [-0.4, -0.2) is 57.9 Å². The van der Waals surface area contributed by atoms with Gasteiger partial charge < -0.3 is 20.7 Å². The summed E-state index contributed by atoms with van der Waals surface area (Å²) in [5.41, 5.74) is 6.77. The number of amides is 2. The van der Waals surface area contributed by atoms with E-state index in [1.54, 1.807) is 29.2 Å². The molecule has 4 N–H and O–H groups in total. The van der Waals surface area contributed by atoms with Crippen LogP contribution >= 0.6 is 0 Å². The van der Waals surface area contributed by atoms with E-state index >= 15 is 0 Å². The second kappa shape index (κ2) is 8.32. The van der Waals surface area contributed by atoms with E-state index in [-0.39, 0.29) is 36.1 Å². The van der Waals surface area contributed by atoms with Gasteiger partial charge in [-0.15, -0.1) is 0 Å². The van der Waals surface area contributed by atoms with Crippen molar-refractivity contribution >= 4 is 34.6 Å². The number of benzene rings is 1. The smallest absolute Gasteiger partial charge is 0.296 e. The molecule has 0 spiro atoms. The molecular weight excluding hydrogens is 410 g/mol. The SMILES string of the molecule is N=C(/C=C(\N)n1c(C(F)F)nc2ccccc21)OCC1CN(C(=O)[C@@H]2CCC(=O)N2)C1. The van der Waals surface area contributed by atoms with Gasteiger partial charge in [0.25, 0.3) is 6.43 Å². The van der Waals surface area contributed by atoms with Crippen LogP contribution in [0.25, 0.3) is 16.9 Å². The molecule has 3 heterocycles. The van der Waals surface area contributed by atoms with Gasteiger partial charge in [-0.1, -0.05) is 12.1 Å². The highest BCUT2D eigenvalue weighted by Crippen LogP contribution is 2.26. The Morgan fingerprint density at radius 1 is 1.39 bits per heavy atom. The van der Waals surface area contributed by atoms with Crippen LogP contribution in [0.15, 0.2) is 30.3 Å². The van der Waals surface area contributed by atoms with Crippen LogP contribution in [0.3, 0.4) is 0 Å². The maximum Gasteiger partial charge on any atom is 0.296 e. The predicted octanol–water partition coefficient (Wildman–Crippen LogP) is 1.46. The highest BCUT2D eigenvalue weighted by Gasteiger charge is 2.37. The fourth-order valence-electron chi connectivity index (χ4n) is 3.79. The molecule has 2 amide bonds. The number of nitrogens with two attached hydrogens (primary N) is 1. The quantitative estimate of drug-likeness (QED) is 0.471. The molecule has 1 atom stereocenters. The summed E-state index contributed by atoms with van der Waals surface area (Å²) in [6.45, 7) is 1.13. The summed E-state index contributed by atoms with van der Waals surface area (Å²) < 4.78 is 33.3. The first-order valence-electron chi connectivity index (χ1n) is 9.86. The lowest BCUT2D eigenvalue weighted by Crippen LogP contribution is -2.56. The van der Waals surface area contributed by atoms with Crippen LogP contribution in [0.5, 0.6) is 0 Å². The molecule has 2 aliphatic heterocycles. The summed E-state index contributed by atoms with van der Waals surface area (Å²) in [5.74, 6) is -1.05. The number of carbonyl (C=O) groups excluding carboxylic acids is 2. The molecule has 2 aromatic rings. The number of likely N-dealkylation sites (tertiary alicyclic amines) is 1. The number of ether oxygens (including phenoxy) is 1. The van der Waals surface area contributed by atoms with Gasteiger partial charge in [0.05, 0.1) is 17.6 Å². The maximum absolute atomic E-state index is 13.4. The van der Waals surface area contributed by atoms with Gasteiger partial charge in [0.1, 0.15) is 11.9 Å². The van der Waals surface area contributed by atoms with E-state index in [1.807, 2.05) is 0 Å². The number of para-hydroxylation sites is 2. The molecule has 2 fully saturated rings. The van der Waals surface area contributed by atoms with Crippen LogP contribution in [0.4, 0.5) is 8.78 Å². The van der Waals surface area contributed by atoms with Crippen molar-refractivity contribution in [3.63, 3.8) is 0 Å². The van der Waals surface area contributed by atoms with Crippen molar-refractivity contribution in [1.29, 1.82) is 5.41 Å². The molecule has 2 aliphatic rings. The number of carbonyl (C=O) groups is 2. The maximum atomic E-state index is 13.4. The lowest BCUT2D eigenvalue weighted by Gasteiger charge is -2.40. The summed E-state index contributed by atoms with van der Waals surface area (Å²) in [6.07, 6.45) is -0.803. The Kier molecular flexibility index (Phi) is 5.57. The lowest BCUT2D eigenvalue weighted by atomic mass is 9.99. The third-order valence-corrected chi connectivity index (χ3v) is 5.36. The summed E-state index contributed by atoms with van der Waals surface area (Å²) in [6, 6.07) is 6.14. The number of aromatic nitrogens is 2. The summed E-state index contributed by atoms with van der Waals surface area (Å²) in [7, 11) is 0. The van der Waals surface area contributed by atoms with Gasteiger partial charge >= 0.3 is 0 Å². The first-order chi connectivity index (χ1) is 14.8. The zero-order chi connectivity index (χ0) is 22.1. The molecule has 11 heteroatoms. The van der Waals surface area contributed by atoms with Gasteiger partial charge in [-0.05, 0) is 18.6 Å². The molecule has 0 unspecified atom stereocenters. The van der Waals surface area contributed by atoms with E-state index < -0.39 is 18.3 Å². The number of alkyl halides is 2. The second-order valence-electron chi connectivity index (χ2n) is 7.61. The summed E-state index contributed by atoms with van der Waals surface area (Å²) >= 11 is 0. The Bertz CT molecular complexity index is 1060. The molecule has 9 nitrogen and oxygen atoms in total. The second-order valence-corrected chi connectivity index (χ2v) is 7.61. The average Bonchev–Trinajstić information content (AvgIpc) is 3.30. The van der Waals surface area contributed by atoms with E-state index in [9.17, 15) is 18.4 Å². The Morgan fingerprint density at radius 2 is 2.13 bits per heavy atom. The molecule has 164 valence electrons. The van der Waals surface area contributed by atoms with Gasteiger partial charge in [-0.3, -0.25) is 19.6 Å². The highest BCUT2D eigenvalue weighted by molar-refractivity contribution is 5.92. The van der Waals surface area contributed by atoms with E-state index in [2.05, 4.69) is 10.3 Å². The van der Waals surface area contributed by atoms with Crippen molar-refractivity contribution in [2.45, 2.75) is 25.3 Å². The average molecular weight is 432 g/mol. The van der Waals surface area contributed by atoms with Crippen LogP contribution in [0.1, 0.15) is 25.1 Å². The predicted molar refractivity (Wildman–Crippen MR) is 108 cm³/mol. The molecule has 0 bridgehead atoms. The fraction of sp³-hybridized carbons (Fsp3) is 0.400. The van der Waals surface area contributed by atoms with Crippen molar-refractivity contribution < 1.29 is 23.1 Å². The molecule has 2 saturated heterocycles. The molecule has 4 rings (SSSR count). The van der Waals surface area contributed by atoms with Crippen molar-refractivity contribution in [1.82, 2.24) is 19.8 Å². The number of halogens is 2. The number of hydrogen-bond acceptors (Lipinski definition) is 6. The van der Waals surface area contributed by atoms with Crippen molar-refractivity contribution in [2.75, 3.05) is 19.7 Å². The number of rotatable bonds is 6. The standard InChI is InChI=1S/C20H22F2N6O3/c21-18(22)19-26-12-3-1-2-4-14(12)28(19)15(23)7-16(24)31-10-11-8-27(9-11)20(30)13-5-6-17(29)25-13/h1-4,7,11,13,18,24H,5-6,8-10,23H2,(H,25,29)/b15-7+,24-16?/t13-/m0/s1. The van der Waals surface area contributed by atoms with Gasteiger partial charge in [-0.25, -0.2) is 13.8 Å². The van der Waals surface area contributed by atoms with E-state index in [4.69, 9.17) is 15.9 Å².